The summed E-state index contributed by atoms with van der Waals surface area (Å²) in [5.74, 6) is 0. The van der Waals surface area contributed by atoms with Crippen LogP contribution in [0.4, 0.5) is 0 Å². The van der Waals surface area contributed by atoms with Crippen LogP contribution in [0.5, 0.6) is 0 Å². The van der Waals surface area contributed by atoms with Crippen molar-refractivity contribution in [3.05, 3.63) is 22.3 Å². The molecule has 0 aromatic carbocycles. The van der Waals surface area contributed by atoms with Crippen molar-refractivity contribution in [1.29, 1.82) is 0 Å². The minimum absolute atomic E-state index is 0.944. The highest BCUT2D eigenvalue weighted by atomic mass is 35.5. The van der Waals surface area contributed by atoms with Crippen molar-refractivity contribution in [2.45, 2.75) is 91.9 Å². The SMILES string of the molecule is CCCCCCCCCCC/C=C(/Cl)C(C)=C(C)C. The lowest BCUT2D eigenvalue weighted by Crippen LogP contribution is -1.83. The molecule has 0 spiro atoms. The average molecular weight is 285 g/mol. The van der Waals surface area contributed by atoms with Gasteiger partial charge in [-0.15, -0.1) is 0 Å². The second-order valence-corrected chi connectivity index (χ2v) is 6.20. The summed E-state index contributed by atoms with van der Waals surface area (Å²) in [5, 5.41) is 0.944. The van der Waals surface area contributed by atoms with E-state index in [1.165, 1.54) is 68.9 Å². The Labute approximate surface area is 126 Å². The van der Waals surface area contributed by atoms with E-state index in [9.17, 15) is 0 Å². The molecule has 0 aliphatic carbocycles. The maximum absolute atomic E-state index is 6.24. The smallest absolute Gasteiger partial charge is 0.0394 e. The number of hydrogen-bond donors (Lipinski definition) is 0. The fourth-order valence-corrected chi connectivity index (χ4v) is 2.37. The normalized spacial score (nSPS) is 11.7. The molecule has 0 N–H and O–H groups in total. The first-order valence-electron chi connectivity index (χ1n) is 8.09. The lowest BCUT2D eigenvalue weighted by atomic mass is 10.1. The molecule has 0 saturated carbocycles. The summed E-state index contributed by atoms with van der Waals surface area (Å²) in [7, 11) is 0. The van der Waals surface area contributed by atoms with E-state index in [4.69, 9.17) is 11.6 Å². The zero-order valence-corrected chi connectivity index (χ0v) is 14.3. The van der Waals surface area contributed by atoms with Gasteiger partial charge in [-0.3, -0.25) is 0 Å². The van der Waals surface area contributed by atoms with Crippen molar-refractivity contribution in [3.8, 4) is 0 Å². The third-order valence-corrected chi connectivity index (χ3v) is 4.18. The fraction of sp³-hybridized carbons (Fsp3) is 0.778. The van der Waals surface area contributed by atoms with Gasteiger partial charge in [-0.1, -0.05) is 81.5 Å². The van der Waals surface area contributed by atoms with Gasteiger partial charge in [0.1, 0.15) is 0 Å². The van der Waals surface area contributed by atoms with Crippen LogP contribution in [0.15, 0.2) is 22.3 Å². The predicted molar refractivity (Wildman–Crippen MR) is 89.8 cm³/mol. The Morgan fingerprint density at radius 2 is 1.26 bits per heavy atom. The molecule has 0 saturated heterocycles. The van der Waals surface area contributed by atoms with Gasteiger partial charge < -0.3 is 0 Å². The Hall–Kier alpha value is -0.230. The van der Waals surface area contributed by atoms with Crippen molar-refractivity contribution in [2.24, 2.45) is 0 Å². The molecule has 0 fully saturated rings. The van der Waals surface area contributed by atoms with Gasteiger partial charge in [0.25, 0.3) is 0 Å². The van der Waals surface area contributed by atoms with Crippen molar-refractivity contribution >= 4 is 11.6 Å². The highest BCUT2D eigenvalue weighted by Crippen LogP contribution is 2.19. The van der Waals surface area contributed by atoms with E-state index in [-0.39, 0.29) is 0 Å². The summed E-state index contributed by atoms with van der Waals surface area (Å²) in [6, 6.07) is 0. The second kappa shape index (κ2) is 12.8. The minimum Gasteiger partial charge on any atom is -0.0844 e. The first-order chi connectivity index (χ1) is 9.09. The molecule has 0 aliphatic heterocycles. The quantitative estimate of drug-likeness (QED) is 0.274. The van der Waals surface area contributed by atoms with E-state index in [1.807, 2.05) is 0 Å². The van der Waals surface area contributed by atoms with Gasteiger partial charge in [0, 0.05) is 5.03 Å². The largest absolute Gasteiger partial charge is 0.0844 e. The molecule has 0 amide bonds. The van der Waals surface area contributed by atoms with Crippen LogP contribution in [0.1, 0.15) is 91.9 Å². The summed E-state index contributed by atoms with van der Waals surface area (Å²) < 4.78 is 0. The maximum atomic E-state index is 6.24. The predicted octanol–water partition coefficient (Wildman–Crippen LogP) is 7.39. The van der Waals surface area contributed by atoms with Gasteiger partial charge in [0.05, 0.1) is 0 Å². The third-order valence-electron chi connectivity index (χ3n) is 3.74. The Balaban J connectivity index is 3.45. The topological polar surface area (TPSA) is 0 Å². The fourth-order valence-electron chi connectivity index (χ4n) is 2.08. The summed E-state index contributed by atoms with van der Waals surface area (Å²) in [6.07, 6.45) is 15.8. The van der Waals surface area contributed by atoms with E-state index >= 15 is 0 Å². The van der Waals surface area contributed by atoms with E-state index in [0.717, 1.165) is 11.5 Å². The molecule has 0 unspecified atom stereocenters. The molecule has 19 heavy (non-hydrogen) atoms. The van der Waals surface area contributed by atoms with E-state index in [2.05, 4.69) is 33.8 Å². The highest BCUT2D eigenvalue weighted by Gasteiger charge is 1.97. The zero-order valence-electron chi connectivity index (χ0n) is 13.5. The number of hydrogen-bond acceptors (Lipinski definition) is 0. The molecule has 0 heterocycles. The molecule has 0 bridgehead atoms. The Kier molecular flexibility index (Phi) is 12.6. The summed E-state index contributed by atoms with van der Waals surface area (Å²) in [6.45, 7) is 8.61. The van der Waals surface area contributed by atoms with Crippen LogP contribution in [0.25, 0.3) is 0 Å². The van der Waals surface area contributed by atoms with Crippen molar-refractivity contribution in [1.82, 2.24) is 0 Å². The monoisotopic (exact) mass is 284 g/mol. The van der Waals surface area contributed by atoms with E-state index in [1.54, 1.807) is 0 Å². The molecule has 1 heteroatoms. The van der Waals surface area contributed by atoms with Crippen LogP contribution in [0.3, 0.4) is 0 Å². The van der Waals surface area contributed by atoms with Gasteiger partial charge in [-0.05, 0) is 39.2 Å². The summed E-state index contributed by atoms with van der Waals surface area (Å²) in [4.78, 5) is 0. The lowest BCUT2D eigenvalue weighted by Gasteiger charge is -2.03. The first kappa shape index (κ1) is 18.8. The van der Waals surface area contributed by atoms with Gasteiger partial charge in [-0.25, -0.2) is 0 Å². The van der Waals surface area contributed by atoms with Gasteiger partial charge >= 0.3 is 0 Å². The molecule has 0 aliphatic rings. The minimum atomic E-state index is 0.944. The lowest BCUT2D eigenvalue weighted by molar-refractivity contribution is 0.566. The Morgan fingerprint density at radius 3 is 1.74 bits per heavy atom. The number of unbranched alkanes of at least 4 members (excludes halogenated alkanes) is 9. The van der Waals surface area contributed by atoms with Crippen molar-refractivity contribution in [3.63, 3.8) is 0 Å². The van der Waals surface area contributed by atoms with Crippen LogP contribution >= 0.6 is 11.6 Å². The van der Waals surface area contributed by atoms with Crippen molar-refractivity contribution in [2.75, 3.05) is 0 Å². The van der Waals surface area contributed by atoms with Crippen molar-refractivity contribution < 1.29 is 0 Å². The van der Waals surface area contributed by atoms with Crippen LogP contribution in [0.2, 0.25) is 0 Å². The Bertz CT molecular complexity index is 269. The second-order valence-electron chi connectivity index (χ2n) is 5.79. The van der Waals surface area contributed by atoms with Crippen LogP contribution in [0, 0.1) is 0 Å². The standard InChI is InChI=1S/C18H33Cl/c1-5-6-7-8-9-10-11-12-13-14-15-18(19)17(4)16(2)3/h15H,5-14H2,1-4H3/b18-15+. The zero-order chi connectivity index (χ0) is 14.5. The molecule has 112 valence electrons. The van der Waals surface area contributed by atoms with E-state index in [0.29, 0.717) is 0 Å². The summed E-state index contributed by atoms with van der Waals surface area (Å²) in [5.41, 5.74) is 2.55. The maximum Gasteiger partial charge on any atom is 0.0394 e. The summed E-state index contributed by atoms with van der Waals surface area (Å²) >= 11 is 6.24. The first-order valence-corrected chi connectivity index (χ1v) is 8.47. The van der Waals surface area contributed by atoms with Gasteiger partial charge in [-0.2, -0.15) is 0 Å². The molecular weight excluding hydrogens is 252 g/mol. The molecule has 0 aromatic rings. The van der Waals surface area contributed by atoms with Gasteiger partial charge in [0.15, 0.2) is 0 Å². The molecule has 0 radical (unpaired) electrons. The molecule has 0 nitrogen and oxygen atoms in total. The average Bonchev–Trinajstić information content (AvgIpc) is 2.39. The van der Waals surface area contributed by atoms with Crippen LogP contribution in [-0.4, -0.2) is 0 Å². The van der Waals surface area contributed by atoms with Gasteiger partial charge in [0.2, 0.25) is 0 Å². The highest BCUT2D eigenvalue weighted by molar-refractivity contribution is 6.31. The van der Waals surface area contributed by atoms with Crippen LogP contribution in [-0.2, 0) is 0 Å². The van der Waals surface area contributed by atoms with Crippen LogP contribution < -0.4 is 0 Å². The third kappa shape index (κ3) is 11.3. The van der Waals surface area contributed by atoms with E-state index < -0.39 is 0 Å². The molecule has 0 atom stereocenters. The molecular formula is C18H33Cl. The molecule has 0 aromatic heterocycles. The number of halogens is 1. The number of rotatable bonds is 11. The number of allylic oxidation sites excluding steroid dienone is 4. The molecule has 0 rings (SSSR count). The Morgan fingerprint density at radius 1 is 0.789 bits per heavy atom.